The number of hydrogen-bond donors (Lipinski definition) is 3. The fourth-order valence-electron chi connectivity index (χ4n) is 2.41. The summed E-state index contributed by atoms with van der Waals surface area (Å²) >= 11 is 6.17. The summed E-state index contributed by atoms with van der Waals surface area (Å²) in [5.41, 5.74) is 1.05. The number of carbonyl (C=O) groups excluding carboxylic acids is 2. The summed E-state index contributed by atoms with van der Waals surface area (Å²) in [6.07, 6.45) is 2.25. The summed E-state index contributed by atoms with van der Waals surface area (Å²) in [6.45, 7) is 1.55. The van der Waals surface area contributed by atoms with Gasteiger partial charge in [-0.1, -0.05) is 11.6 Å². The predicted molar refractivity (Wildman–Crippen MR) is 87.7 cm³/mol. The molecule has 1 atom stereocenters. The van der Waals surface area contributed by atoms with E-state index in [1.807, 2.05) is 0 Å². The molecule has 0 aliphatic carbocycles. The first-order valence-electron chi connectivity index (χ1n) is 7.29. The first-order chi connectivity index (χ1) is 11.1. The molecule has 0 bridgehead atoms. The number of amides is 2. The van der Waals surface area contributed by atoms with Crippen molar-refractivity contribution in [1.82, 2.24) is 5.32 Å². The van der Waals surface area contributed by atoms with Crippen molar-refractivity contribution < 1.29 is 14.0 Å². The van der Waals surface area contributed by atoms with Gasteiger partial charge in [-0.15, -0.1) is 0 Å². The molecule has 1 aliphatic heterocycles. The molecule has 1 aromatic heterocycles. The van der Waals surface area contributed by atoms with Crippen molar-refractivity contribution in [1.29, 1.82) is 0 Å². The van der Waals surface area contributed by atoms with Gasteiger partial charge in [-0.05, 0) is 43.3 Å². The number of benzene rings is 1. The van der Waals surface area contributed by atoms with Gasteiger partial charge in [-0.2, -0.15) is 0 Å². The molecule has 120 valence electrons. The van der Waals surface area contributed by atoms with Crippen LogP contribution in [0.1, 0.15) is 17.0 Å². The number of nitrogens with one attached hydrogen (secondary N) is 3. The second-order valence-corrected chi connectivity index (χ2v) is 5.71. The van der Waals surface area contributed by atoms with E-state index in [1.54, 1.807) is 30.3 Å². The van der Waals surface area contributed by atoms with Gasteiger partial charge in [0, 0.05) is 12.2 Å². The quantitative estimate of drug-likeness (QED) is 0.803. The average molecular weight is 334 g/mol. The first-order valence-corrected chi connectivity index (χ1v) is 7.67. The molecule has 2 heterocycles. The SMILES string of the molecule is O=C(Nc1ccc(NC(=O)C2CCNC2)cc1Cl)c1ccco1. The van der Waals surface area contributed by atoms with E-state index in [2.05, 4.69) is 16.0 Å². The highest BCUT2D eigenvalue weighted by Gasteiger charge is 2.22. The van der Waals surface area contributed by atoms with Crippen LogP contribution in [0.4, 0.5) is 11.4 Å². The molecule has 23 heavy (non-hydrogen) atoms. The number of hydrogen-bond acceptors (Lipinski definition) is 4. The van der Waals surface area contributed by atoms with Crippen LogP contribution >= 0.6 is 11.6 Å². The molecular weight excluding hydrogens is 318 g/mol. The van der Waals surface area contributed by atoms with Gasteiger partial charge in [0.15, 0.2) is 5.76 Å². The topological polar surface area (TPSA) is 83.4 Å². The van der Waals surface area contributed by atoms with Crippen LogP contribution in [0.5, 0.6) is 0 Å². The molecule has 1 aromatic carbocycles. The fraction of sp³-hybridized carbons (Fsp3) is 0.250. The van der Waals surface area contributed by atoms with Crippen molar-refractivity contribution in [3.63, 3.8) is 0 Å². The van der Waals surface area contributed by atoms with Crippen molar-refractivity contribution in [2.24, 2.45) is 5.92 Å². The van der Waals surface area contributed by atoms with Crippen molar-refractivity contribution >= 4 is 34.8 Å². The molecule has 7 heteroatoms. The van der Waals surface area contributed by atoms with Crippen LogP contribution in [0.2, 0.25) is 5.02 Å². The van der Waals surface area contributed by atoms with Gasteiger partial charge in [-0.25, -0.2) is 0 Å². The Morgan fingerprint density at radius 3 is 2.78 bits per heavy atom. The van der Waals surface area contributed by atoms with E-state index in [1.165, 1.54) is 6.26 Å². The maximum atomic E-state index is 12.1. The molecule has 2 amide bonds. The van der Waals surface area contributed by atoms with Crippen LogP contribution in [-0.4, -0.2) is 24.9 Å². The molecule has 0 spiro atoms. The maximum Gasteiger partial charge on any atom is 0.291 e. The van der Waals surface area contributed by atoms with Crippen molar-refractivity contribution in [3.8, 4) is 0 Å². The van der Waals surface area contributed by atoms with Crippen LogP contribution in [0.25, 0.3) is 0 Å². The van der Waals surface area contributed by atoms with Crippen LogP contribution in [0.15, 0.2) is 41.0 Å². The minimum absolute atomic E-state index is 0.0212. The summed E-state index contributed by atoms with van der Waals surface area (Å²) in [5, 5.41) is 8.99. The van der Waals surface area contributed by atoms with Gasteiger partial charge in [0.2, 0.25) is 5.91 Å². The molecule has 0 radical (unpaired) electrons. The van der Waals surface area contributed by atoms with Crippen molar-refractivity contribution in [2.75, 3.05) is 23.7 Å². The molecule has 1 fully saturated rings. The lowest BCUT2D eigenvalue weighted by atomic mass is 10.1. The lowest BCUT2D eigenvalue weighted by molar-refractivity contribution is -0.119. The van der Waals surface area contributed by atoms with Gasteiger partial charge in [0.25, 0.3) is 5.91 Å². The highest BCUT2D eigenvalue weighted by atomic mass is 35.5. The van der Waals surface area contributed by atoms with E-state index in [0.717, 1.165) is 13.0 Å². The smallest absolute Gasteiger partial charge is 0.291 e. The third kappa shape index (κ3) is 3.72. The normalized spacial score (nSPS) is 17.0. The summed E-state index contributed by atoms with van der Waals surface area (Å²) in [4.78, 5) is 24.0. The Morgan fingerprint density at radius 1 is 1.26 bits per heavy atom. The largest absolute Gasteiger partial charge is 0.459 e. The molecule has 2 aromatic rings. The lowest BCUT2D eigenvalue weighted by Gasteiger charge is -2.12. The molecule has 3 rings (SSSR count). The van der Waals surface area contributed by atoms with Gasteiger partial charge in [0.1, 0.15) is 0 Å². The lowest BCUT2D eigenvalue weighted by Crippen LogP contribution is -2.24. The summed E-state index contributed by atoms with van der Waals surface area (Å²) in [7, 11) is 0. The number of rotatable bonds is 4. The minimum atomic E-state index is -0.384. The third-order valence-corrected chi connectivity index (χ3v) is 3.97. The van der Waals surface area contributed by atoms with Gasteiger partial charge < -0.3 is 20.4 Å². The van der Waals surface area contributed by atoms with E-state index < -0.39 is 0 Å². The zero-order valence-electron chi connectivity index (χ0n) is 12.3. The van der Waals surface area contributed by atoms with Crippen molar-refractivity contribution in [2.45, 2.75) is 6.42 Å². The Kier molecular flexibility index (Phi) is 4.64. The number of anilines is 2. The maximum absolute atomic E-state index is 12.1. The van der Waals surface area contributed by atoms with Gasteiger partial charge >= 0.3 is 0 Å². The van der Waals surface area contributed by atoms with Crippen LogP contribution in [0, 0.1) is 5.92 Å². The van der Waals surface area contributed by atoms with Gasteiger partial charge in [0.05, 0.1) is 22.9 Å². The molecule has 1 saturated heterocycles. The predicted octanol–water partition coefficient (Wildman–Crippen LogP) is 2.73. The van der Waals surface area contributed by atoms with E-state index >= 15 is 0 Å². The second kappa shape index (κ2) is 6.85. The summed E-state index contributed by atoms with van der Waals surface area (Å²) in [5.74, 6) is -0.233. The average Bonchev–Trinajstić information content (AvgIpc) is 3.23. The molecule has 0 saturated carbocycles. The van der Waals surface area contributed by atoms with Crippen LogP contribution in [-0.2, 0) is 4.79 Å². The molecule has 1 unspecified atom stereocenters. The molecule has 6 nitrogen and oxygen atoms in total. The Bertz CT molecular complexity index is 709. The Balaban J connectivity index is 1.65. The Labute approximate surface area is 138 Å². The van der Waals surface area contributed by atoms with E-state index in [9.17, 15) is 9.59 Å². The third-order valence-electron chi connectivity index (χ3n) is 3.66. The van der Waals surface area contributed by atoms with Crippen LogP contribution in [0.3, 0.4) is 0 Å². The molecular formula is C16H16ClN3O3. The standard InChI is InChI=1S/C16H16ClN3O3/c17-12-8-11(19-15(21)10-5-6-18-9-10)3-4-13(12)20-16(22)14-2-1-7-23-14/h1-4,7-8,10,18H,5-6,9H2,(H,19,21)(H,20,22). The van der Waals surface area contributed by atoms with E-state index in [-0.39, 0.29) is 23.5 Å². The first kappa shape index (κ1) is 15.6. The number of carbonyl (C=O) groups is 2. The summed E-state index contributed by atoms with van der Waals surface area (Å²) in [6, 6.07) is 8.15. The zero-order valence-corrected chi connectivity index (χ0v) is 13.0. The Morgan fingerprint density at radius 2 is 2.13 bits per heavy atom. The second-order valence-electron chi connectivity index (χ2n) is 5.31. The Hall–Kier alpha value is -2.31. The fourth-order valence-corrected chi connectivity index (χ4v) is 2.64. The highest BCUT2D eigenvalue weighted by molar-refractivity contribution is 6.34. The molecule has 3 N–H and O–H groups in total. The number of halogens is 1. The number of furan rings is 1. The van der Waals surface area contributed by atoms with E-state index in [4.69, 9.17) is 16.0 Å². The van der Waals surface area contributed by atoms with Gasteiger partial charge in [-0.3, -0.25) is 9.59 Å². The minimum Gasteiger partial charge on any atom is -0.459 e. The molecule has 1 aliphatic rings. The van der Waals surface area contributed by atoms with Crippen LogP contribution < -0.4 is 16.0 Å². The summed E-state index contributed by atoms with van der Waals surface area (Å²) < 4.78 is 5.02. The van der Waals surface area contributed by atoms with E-state index in [0.29, 0.717) is 22.9 Å². The van der Waals surface area contributed by atoms with Crippen molar-refractivity contribution in [3.05, 3.63) is 47.4 Å². The monoisotopic (exact) mass is 333 g/mol. The highest BCUT2D eigenvalue weighted by Crippen LogP contribution is 2.26. The zero-order chi connectivity index (χ0) is 16.2.